The summed E-state index contributed by atoms with van der Waals surface area (Å²) in [5.41, 5.74) is 1.07. The number of nitrogens with one attached hydrogen (secondary N) is 2. The number of aromatic amines is 1. The van der Waals surface area contributed by atoms with E-state index in [0.717, 1.165) is 64.1 Å². The fraction of sp³-hybridized carbons (Fsp3) is 0.556. The molecule has 3 aliphatic rings. The van der Waals surface area contributed by atoms with Crippen molar-refractivity contribution in [3.05, 3.63) is 40.6 Å². The first-order valence-electron chi connectivity index (χ1n) is 13.5. The minimum absolute atomic E-state index is 0.0176. The number of nitrogens with zero attached hydrogens (tertiary/aromatic N) is 5. The Morgan fingerprint density at radius 2 is 1.92 bits per heavy atom. The molecule has 3 aromatic rings. The smallest absolute Gasteiger partial charge is 0.259 e. The molecule has 3 fully saturated rings. The van der Waals surface area contributed by atoms with Crippen molar-refractivity contribution < 1.29 is 14.6 Å². The van der Waals surface area contributed by atoms with Gasteiger partial charge in [-0.05, 0) is 38.6 Å². The van der Waals surface area contributed by atoms with E-state index in [1.807, 2.05) is 6.07 Å². The van der Waals surface area contributed by atoms with Crippen LogP contribution in [0, 0.1) is 0 Å². The second kappa shape index (κ2) is 10.7. The van der Waals surface area contributed by atoms with E-state index in [9.17, 15) is 9.90 Å². The number of likely N-dealkylation sites (tertiary alicyclic amines) is 1. The summed E-state index contributed by atoms with van der Waals surface area (Å²) in [4.78, 5) is 34.0. The summed E-state index contributed by atoms with van der Waals surface area (Å²) in [6.45, 7) is 4.64. The van der Waals surface area contributed by atoms with E-state index in [1.165, 1.54) is 6.20 Å². The third kappa shape index (κ3) is 5.25. The van der Waals surface area contributed by atoms with Gasteiger partial charge in [0.1, 0.15) is 17.7 Å². The number of ether oxygens (including phenoxy) is 2. The quantitative estimate of drug-likeness (QED) is 0.445. The predicted octanol–water partition coefficient (Wildman–Crippen LogP) is 2.48. The molecule has 38 heavy (non-hydrogen) atoms. The molecule has 11 nitrogen and oxygen atoms in total. The summed E-state index contributed by atoms with van der Waals surface area (Å²) < 4.78 is 11.4. The average Bonchev–Trinajstić information content (AvgIpc) is 3.35. The van der Waals surface area contributed by atoms with E-state index in [4.69, 9.17) is 9.47 Å². The lowest BCUT2D eigenvalue weighted by Gasteiger charge is -2.31. The normalized spacial score (nSPS) is 24.6. The molecule has 6 rings (SSSR count). The molecular formula is C27H35N7O4. The summed E-state index contributed by atoms with van der Waals surface area (Å²) >= 11 is 0. The van der Waals surface area contributed by atoms with Gasteiger partial charge in [0.25, 0.3) is 5.56 Å². The van der Waals surface area contributed by atoms with Crippen LogP contribution in [-0.2, 0) is 4.74 Å². The number of morpholine rings is 1. The highest BCUT2D eigenvalue weighted by Crippen LogP contribution is 2.40. The fourth-order valence-corrected chi connectivity index (χ4v) is 6.01. The second-order valence-electron chi connectivity index (χ2n) is 10.6. The lowest BCUT2D eigenvalue weighted by atomic mass is 9.80. The van der Waals surface area contributed by atoms with Crippen LogP contribution in [0.3, 0.4) is 0 Å². The maximum absolute atomic E-state index is 13.3. The zero-order valence-electron chi connectivity index (χ0n) is 21.7. The number of pyridine rings is 2. The van der Waals surface area contributed by atoms with Gasteiger partial charge in [-0.3, -0.25) is 9.78 Å². The zero-order chi connectivity index (χ0) is 26.1. The first kappa shape index (κ1) is 24.9. The van der Waals surface area contributed by atoms with E-state index in [-0.39, 0.29) is 29.4 Å². The largest absolute Gasteiger partial charge is 0.506 e. The van der Waals surface area contributed by atoms with Crippen LogP contribution < -0.4 is 20.5 Å². The van der Waals surface area contributed by atoms with Crippen LogP contribution in [0.2, 0.25) is 0 Å². The Balaban J connectivity index is 1.18. The molecule has 11 heteroatoms. The monoisotopic (exact) mass is 521 g/mol. The molecule has 3 atom stereocenters. The Kier molecular flexibility index (Phi) is 7.03. The number of aromatic nitrogens is 4. The minimum Gasteiger partial charge on any atom is -0.506 e. The topological polar surface area (TPSA) is 129 Å². The molecule has 2 saturated heterocycles. The third-order valence-electron chi connectivity index (χ3n) is 7.92. The van der Waals surface area contributed by atoms with Crippen LogP contribution in [0.15, 0.2) is 29.5 Å². The highest BCUT2D eigenvalue weighted by Gasteiger charge is 2.29. The number of hydrogen-bond donors (Lipinski definition) is 3. The van der Waals surface area contributed by atoms with E-state index in [1.54, 1.807) is 12.4 Å². The van der Waals surface area contributed by atoms with Crippen molar-refractivity contribution in [2.24, 2.45) is 0 Å². The highest BCUT2D eigenvalue weighted by atomic mass is 16.5. The first-order chi connectivity index (χ1) is 18.5. The van der Waals surface area contributed by atoms with Gasteiger partial charge in [-0.2, -0.15) is 0 Å². The molecular weight excluding hydrogens is 486 g/mol. The maximum atomic E-state index is 13.3. The second-order valence-corrected chi connectivity index (χ2v) is 10.6. The van der Waals surface area contributed by atoms with Gasteiger partial charge in [0.15, 0.2) is 5.75 Å². The van der Waals surface area contributed by atoms with E-state index in [2.05, 4.69) is 42.1 Å². The number of H-pyrrole nitrogens is 1. The SMILES string of the molecule is CN1CCC(Oc2cnc(N[C@@H]3CCCC(c4c(O)cnc5cc(N6CCOCC6)[nH]c(=O)c45)C3)nc2)C1. The Morgan fingerprint density at radius 3 is 2.68 bits per heavy atom. The average molecular weight is 522 g/mol. The fourth-order valence-electron chi connectivity index (χ4n) is 6.01. The van der Waals surface area contributed by atoms with E-state index >= 15 is 0 Å². The van der Waals surface area contributed by atoms with Gasteiger partial charge in [0.05, 0.1) is 42.7 Å². The Morgan fingerprint density at radius 1 is 1.11 bits per heavy atom. The van der Waals surface area contributed by atoms with Crippen LogP contribution in [0.25, 0.3) is 10.9 Å². The number of anilines is 2. The number of hydrogen-bond acceptors (Lipinski definition) is 10. The molecule has 0 aromatic carbocycles. The van der Waals surface area contributed by atoms with E-state index < -0.39 is 0 Å². The Labute approximate surface area is 221 Å². The third-order valence-corrected chi connectivity index (χ3v) is 7.92. The summed E-state index contributed by atoms with van der Waals surface area (Å²) in [6, 6.07) is 2.03. The highest BCUT2D eigenvalue weighted by molar-refractivity contribution is 5.85. The molecule has 3 aromatic heterocycles. The zero-order valence-corrected chi connectivity index (χ0v) is 21.7. The maximum Gasteiger partial charge on any atom is 0.259 e. The molecule has 3 N–H and O–H groups in total. The van der Waals surface area contributed by atoms with Crippen LogP contribution in [0.4, 0.5) is 11.8 Å². The molecule has 202 valence electrons. The Hall–Kier alpha value is -3.44. The summed E-state index contributed by atoms with van der Waals surface area (Å²) in [7, 11) is 2.09. The van der Waals surface area contributed by atoms with E-state index in [0.29, 0.717) is 41.4 Å². The van der Waals surface area contributed by atoms with Crippen LogP contribution >= 0.6 is 0 Å². The van der Waals surface area contributed by atoms with Gasteiger partial charge in [-0.15, -0.1) is 0 Å². The van der Waals surface area contributed by atoms with Crippen molar-refractivity contribution in [2.45, 2.75) is 50.2 Å². The Bertz CT molecular complexity index is 1330. The van der Waals surface area contributed by atoms with Crippen molar-refractivity contribution in [1.29, 1.82) is 0 Å². The van der Waals surface area contributed by atoms with Crippen molar-refractivity contribution in [3.63, 3.8) is 0 Å². The van der Waals surface area contributed by atoms with Gasteiger partial charge in [0.2, 0.25) is 5.95 Å². The lowest BCUT2D eigenvalue weighted by Crippen LogP contribution is -2.37. The van der Waals surface area contributed by atoms with Crippen molar-refractivity contribution in [1.82, 2.24) is 24.8 Å². The van der Waals surface area contributed by atoms with Gasteiger partial charge < -0.3 is 34.7 Å². The lowest BCUT2D eigenvalue weighted by molar-refractivity contribution is 0.122. The molecule has 1 saturated carbocycles. The van der Waals surface area contributed by atoms with Crippen molar-refractivity contribution >= 4 is 22.7 Å². The van der Waals surface area contributed by atoms with Gasteiger partial charge >= 0.3 is 0 Å². The molecule has 0 spiro atoms. The molecule has 1 aliphatic carbocycles. The number of fused-ring (bicyclic) bond motifs is 1. The van der Waals surface area contributed by atoms with Crippen LogP contribution in [0.1, 0.15) is 43.6 Å². The minimum atomic E-state index is -0.218. The van der Waals surface area contributed by atoms with Gasteiger partial charge in [0, 0.05) is 43.9 Å². The summed E-state index contributed by atoms with van der Waals surface area (Å²) in [5, 5.41) is 14.8. The number of rotatable bonds is 6. The van der Waals surface area contributed by atoms with Crippen molar-refractivity contribution in [3.8, 4) is 11.5 Å². The van der Waals surface area contributed by atoms with Crippen molar-refractivity contribution in [2.75, 3.05) is 56.7 Å². The molecule has 2 unspecified atom stereocenters. The summed E-state index contributed by atoms with van der Waals surface area (Å²) in [6.07, 6.45) is 9.68. The standard InChI is InChI=1S/C27H35N7O4/c1-33-6-5-19(16-33)38-20-13-29-27(30-14-20)31-18-4-2-3-17(11-18)24-22(35)15-28-21-12-23(32-26(36)25(21)24)34-7-9-37-10-8-34/h12-15,17-19,35H,2-11,16H2,1H3,(H,32,36)(H,29,30,31)/t17?,18-,19?/m1/s1. The number of aromatic hydroxyl groups is 1. The molecule has 0 bridgehead atoms. The predicted molar refractivity (Wildman–Crippen MR) is 144 cm³/mol. The number of likely N-dealkylation sites (N-methyl/N-ethyl adjacent to an activating group) is 1. The van der Waals surface area contributed by atoms with Gasteiger partial charge in [-0.25, -0.2) is 9.97 Å². The molecule has 2 aliphatic heterocycles. The molecule has 0 radical (unpaired) electrons. The van der Waals surface area contributed by atoms with Crippen LogP contribution in [-0.4, -0.2) is 88.5 Å². The molecule has 5 heterocycles. The molecule has 0 amide bonds. The first-order valence-corrected chi connectivity index (χ1v) is 13.5. The van der Waals surface area contributed by atoms with Gasteiger partial charge in [-0.1, -0.05) is 6.42 Å². The summed E-state index contributed by atoms with van der Waals surface area (Å²) in [5.74, 6) is 2.07. The van der Waals surface area contributed by atoms with Crippen LogP contribution in [0.5, 0.6) is 11.5 Å².